The van der Waals surface area contributed by atoms with Gasteiger partial charge in [0.2, 0.25) is 0 Å². The summed E-state index contributed by atoms with van der Waals surface area (Å²) < 4.78 is 5.69. The molecule has 0 aromatic heterocycles. The predicted molar refractivity (Wildman–Crippen MR) is 52.6 cm³/mol. The zero-order valence-corrected chi connectivity index (χ0v) is 8.81. The molecule has 1 nitrogen and oxygen atoms in total. The van der Waals surface area contributed by atoms with E-state index < -0.39 is 0 Å². The van der Waals surface area contributed by atoms with Crippen LogP contribution in [0.1, 0.15) is 33.1 Å². The first-order chi connectivity index (χ1) is 5.79. The van der Waals surface area contributed by atoms with Crippen LogP contribution in [-0.2, 0) is 4.74 Å². The van der Waals surface area contributed by atoms with Gasteiger partial charge in [-0.3, -0.25) is 0 Å². The zero-order valence-electron chi connectivity index (χ0n) is 8.05. The van der Waals surface area contributed by atoms with Crippen molar-refractivity contribution in [1.29, 1.82) is 0 Å². The Morgan fingerprint density at radius 1 is 1.58 bits per heavy atom. The normalized spacial score (nSPS) is 32.2. The SMILES string of the molecule is CCCC(C)C1OCCC1CCl. The minimum Gasteiger partial charge on any atom is -0.378 e. The third kappa shape index (κ3) is 2.37. The monoisotopic (exact) mass is 190 g/mol. The summed E-state index contributed by atoms with van der Waals surface area (Å²) in [5, 5.41) is 0. The van der Waals surface area contributed by atoms with Gasteiger partial charge in [-0.05, 0) is 18.8 Å². The van der Waals surface area contributed by atoms with Gasteiger partial charge in [-0.15, -0.1) is 11.6 Å². The maximum Gasteiger partial charge on any atom is 0.0640 e. The van der Waals surface area contributed by atoms with Gasteiger partial charge in [-0.2, -0.15) is 0 Å². The fourth-order valence-corrected chi connectivity index (χ4v) is 2.40. The van der Waals surface area contributed by atoms with E-state index in [1.807, 2.05) is 0 Å². The molecule has 0 saturated carbocycles. The van der Waals surface area contributed by atoms with Crippen LogP contribution in [0.15, 0.2) is 0 Å². The van der Waals surface area contributed by atoms with Crippen molar-refractivity contribution in [3.63, 3.8) is 0 Å². The van der Waals surface area contributed by atoms with Crippen molar-refractivity contribution in [2.45, 2.75) is 39.2 Å². The molecule has 72 valence electrons. The van der Waals surface area contributed by atoms with Crippen LogP contribution in [-0.4, -0.2) is 18.6 Å². The fraction of sp³-hybridized carbons (Fsp3) is 1.00. The summed E-state index contributed by atoms with van der Waals surface area (Å²) in [5.74, 6) is 2.05. The van der Waals surface area contributed by atoms with E-state index in [0.29, 0.717) is 17.9 Å². The molecular weight excluding hydrogens is 172 g/mol. The summed E-state index contributed by atoms with van der Waals surface area (Å²) in [5.41, 5.74) is 0. The Kier molecular flexibility index (Phi) is 4.38. The van der Waals surface area contributed by atoms with Crippen LogP contribution in [0.4, 0.5) is 0 Å². The number of alkyl halides is 1. The average molecular weight is 191 g/mol. The van der Waals surface area contributed by atoms with Gasteiger partial charge < -0.3 is 4.74 Å². The van der Waals surface area contributed by atoms with Crippen molar-refractivity contribution in [1.82, 2.24) is 0 Å². The molecule has 1 rings (SSSR count). The van der Waals surface area contributed by atoms with Gasteiger partial charge in [0.25, 0.3) is 0 Å². The standard InChI is InChI=1S/C10H19ClO/c1-3-4-8(2)10-9(7-11)5-6-12-10/h8-10H,3-7H2,1-2H3. The van der Waals surface area contributed by atoms with Crippen LogP contribution in [0.5, 0.6) is 0 Å². The lowest BCUT2D eigenvalue weighted by Crippen LogP contribution is -2.25. The van der Waals surface area contributed by atoms with Gasteiger partial charge >= 0.3 is 0 Å². The molecule has 3 unspecified atom stereocenters. The van der Waals surface area contributed by atoms with Crippen LogP contribution in [0, 0.1) is 11.8 Å². The molecule has 0 aromatic rings. The molecule has 1 heterocycles. The smallest absolute Gasteiger partial charge is 0.0640 e. The molecule has 1 aliphatic rings. The van der Waals surface area contributed by atoms with Crippen molar-refractivity contribution < 1.29 is 4.74 Å². The zero-order chi connectivity index (χ0) is 8.97. The van der Waals surface area contributed by atoms with E-state index >= 15 is 0 Å². The number of halogens is 1. The summed E-state index contributed by atoms with van der Waals surface area (Å²) in [7, 11) is 0. The minimum atomic E-state index is 0.433. The Hall–Kier alpha value is 0.250. The number of hydrogen-bond acceptors (Lipinski definition) is 1. The number of ether oxygens (including phenoxy) is 1. The first kappa shape index (κ1) is 10.3. The minimum absolute atomic E-state index is 0.433. The topological polar surface area (TPSA) is 9.23 Å². The second-order valence-corrected chi connectivity index (χ2v) is 4.11. The molecular formula is C10H19ClO. The highest BCUT2D eigenvalue weighted by Crippen LogP contribution is 2.29. The van der Waals surface area contributed by atoms with Gasteiger partial charge in [0.15, 0.2) is 0 Å². The van der Waals surface area contributed by atoms with Gasteiger partial charge in [0, 0.05) is 18.4 Å². The third-order valence-corrected chi connectivity index (χ3v) is 3.16. The molecule has 0 bridgehead atoms. The quantitative estimate of drug-likeness (QED) is 0.620. The first-order valence-corrected chi connectivity index (χ1v) is 5.50. The summed E-state index contributed by atoms with van der Waals surface area (Å²) in [4.78, 5) is 0. The lowest BCUT2D eigenvalue weighted by molar-refractivity contribution is 0.0487. The second kappa shape index (κ2) is 5.08. The van der Waals surface area contributed by atoms with E-state index in [1.165, 1.54) is 12.8 Å². The van der Waals surface area contributed by atoms with Crippen molar-refractivity contribution in [2.24, 2.45) is 11.8 Å². The molecule has 0 spiro atoms. The Labute approximate surface area is 80.4 Å². The molecule has 0 aliphatic carbocycles. The lowest BCUT2D eigenvalue weighted by atomic mass is 9.90. The van der Waals surface area contributed by atoms with E-state index in [2.05, 4.69) is 13.8 Å². The molecule has 1 aliphatic heterocycles. The largest absolute Gasteiger partial charge is 0.378 e. The number of hydrogen-bond donors (Lipinski definition) is 0. The second-order valence-electron chi connectivity index (χ2n) is 3.80. The molecule has 0 aromatic carbocycles. The van der Waals surface area contributed by atoms with E-state index in [9.17, 15) is 0 Å². The summed E-state index contributed by atoms with van der Waals surface area (Å²) in [6.07, 6.45) is 4.10. The molecule has 3 atom stereocenters. The van der Waals surface area contributed by atoms with Gasteiger partial charge in [-0.25, -0.2) is 0 Å². The fourth-order valence-electron chi connectivity index (χ4n) is 2.07. The Bertz CT molecular complexity index is 127. The van der Waals surface area contributed by atoms with Crippen LogP contribution >= 0.6 is 11.6 Å². The molecule has 12 heavy (non-hydrogen) atoms. The highest BCUT2D eigenvalue weighted by molar-refractivity contribution is 6.18. The highest BCUT2D eigenvalue weighted by atomic mass is 35.5. The van der Waals surface area contributed by atoms with Crippen molar-refractivity contribution in [3.8, 4) is 0 Å². The Morgan fingerprint density at radius 2 is 2.33 bits per heavy atom. The van der Waals surface area contributed by atoms with Crippen LogP contribution in [0.3, 0.4) is 0 Å². The van der Waals surface area contributed by atoms with Crippen LogP contribution < -0.4 is 0 Å². The van der Waals surface area contributed by atoms with Gasteiger partial charge in [-0.1, -0.05) is 20.3 Å². The van der Waals surface area contributed by atoms with Gasteiger partial charge in [0.05, 0.1) is 6.10 Å². The molecule has 1 fully saturated rings. The van der Waals surface area contributed by atoms with Crippen molar-refractivity contribution in [3.05, 3.63) is 0 Å². The van der Waals surface area contributed by atoms with Crippen molar-refractivity contribution in [2.75, 3.05) is 12.5 Å². The van der Waals surface area contributed by atoms with E-state index in [1.54, 1.807) is 0 Å². The van der Waals surface area contributed by atoms with Crippen LogP contribution in [0.25, 0.3) is 0 Å². The Balaban J connectivity index is 2.38. The molecule has 2 heteroatoms. The van der Waals surface area contributed by atoms with Gasteiger partial charge in [0.1, 0.15) is 0 Å². The highest BCUT2D eigenvalue weighted by Gasteiger charge is 2.31. The molecule has 0 N–H and O–H groups in total. The lowest BCUT2D eigenvalue weighted by Gasteiger charge is -2.22. The number of rotatable bonds is 4. The Morgan fingerprint density at radius 3 is 2.92 bits per heavy atom. The van der Waals surface area contributed by atoms with Crippen molar-refractivity contribution >= 4 is 11.6 Å². The van der Waals surface area contributed by atoms with E-state index in [0.717, 1.165) is 18.9 Å². The van der Waals surface area contributed by atoms with E-state index in [-0.39, 0.29) is 0 Å². The maximum atomic E-state index is 5.87. The van der Waals surface area contributed by atoms with E-state index in [4.69, 9.17) is 16.3 Å². The average Bonchev–Trinajstić information content (AvgIpc) is 2.51. The predicted octanol–water partition coefficient (Wildman–Crippen LogP) is 3.07. The summed E-state index contributed by atoms with van der Waals surface area (Å²) >= 11 is 5.87. The maximum absolute atomic E-state index is 5.87. The van der Waals surface area contributed by atoms with Crippen LogP contribution in [0.2, 0.25) is 0 Å². The summed E-state index contributed by atoms with van der Waals surface area (Å²) in [6, 6.07) is 0. The first-order valence-electron chi connectivity index (χ1n) is 4.97. The molecule has 1 saturated heterocycles. The molecule has 0 amide bonds. The molecule has 0 radical (unpaired) electrons. The summed E-state index contributed by atoms with van der Waals surface area (Å²) in [6.45, 7) is 5.41. The third-order valence-electron chi connectivity index (χ3n) is 2.77.